The molecule has 0 radical (unpaired) electrons. The largest absolute Gasteiger partial charge is 0.481 e. The number of anilines is 1. The Labute approximate surface area is 161 Å². The summed E-state index contributed by atoms with van der Waals surface area (Å²) in [6.45, 7) is 3.91. The highest BCUT2D eigenvalue weighted by Gasteiger charge is 2.16. The van der Waals surface area contributed by atoms with Gasteiger partial charge in [-0.1, -0.05) is 0 Å². The van der Waals surface area contributed by atoms with Crippen LogP contribution in [-0.4, -0.2) is 31.7 Å². The number of nitrogens with one attached hydrogen (secondary N) is 1. The van der Waals surface area contributed by atoms with Gasteiger partial charge in [0.1, 0.15) is 5.82 Å². The maximum Gasteiger partial charge on any atom is 0.222 e. The van der Waals surface area contributed by atoms with E-state index in [9.17, 15) is 4.39 Å². The summed E-state index contributed by atoms with van der Waals surface area (Å²) < 4.78 is 20.2. The quantitative estimate of drug-likeness (QED) is 0.569. The fourth-order valence-corrected chi connectivity index (χ4v) is 3.00. The molecule has 0 saturated heterocycles. The lowest BCUT2D eigenvalue weighted by Crippen LogP contribution is -2.12. The van der Waals surface area contributed by atoms with Crippen molar-refractivity contribution in [3.05, 3.63) is 66.0 Å². The number of hydrogen-bond acceptors (Lipinski definition) is 6. The van der Waals surface area contributed by atoms with E-state index in [0.29, 0.717) is 11.7 Å². The monoisotopic (exact) mass is 378 g/mol. The van der Waals surface area contributed by atoms with Crippen LogP contribution in [0.1, 0.15) is 24.2 Å². The molecule has 0 unspecified atom stereocenters. The van der Waals surface area contributed by atoms with E-state index in [1.807, 2.05) is 32.0 Å². The predicted molar refractivity (Wildman–Crippen MR) is 104 cm³/mol. The van der Waals surface area contributed by atoms with Gasteiger partial charge in [-0.2, -0.15) is 0 Å². The van der Waals surface area contributed by atoms with E-state index in [-0.39, 0.29) is 11.9 Å². The van der Waals surface area contributed by atoms with Crippen molar-refractivity contribution < 1.29 is 9.13 Å². The van der Waals surface area contributed by atoms with Crippen molar-refractivity contribution in [2.45, 2.75) is 19.9 Å². The minimum atomic E-state index is -0.361. The van der Waals surface area contributed by atoms with Crippen LogP contribution in [0, 0.1) is 12.7 Å². The summed E-state index contributed by atoms with van der Waals surface area (Å²) >= 11 is 0. The Bertz CT molecular complexity index is 1130. The van der Waals surface area contributed by atoms with Crippen molar-refractivity contribution in [1.29, 1.82) is 0 Å². The Morgan fingerprint density at radius 1 is 1.14 bits per heavy atom. The molecule has 1 atom stereocenters. The smallest absolute Gasteiger partial charge is 0.222 e. The van der Waals surface area contributed by atoms with Crippen molar-refractivity contribution in [1.82, 2.24) is 24.6 Å². The predicted octanol–water partition coefficient (Wildman–Crippen LogP) is 3.82. The number of imidazole rings is 1. The van der Waals surface area contributed by atoms with E-state index >= 15 is 0 Å². The third-order valence-corrected chi connectivity index (χ3v) is 4.47. The van der Waals surface area contributed by atoms with Crippen LogP contribution in [0.5, 0.6) is 5.88 Å². The van der Waals surface area contributed by atoms with Crippen LogP contribution < -0.4 is 10.1 Å². The second-order valence-corrected chi connectivity index (χ2v) is 6.42. The third kappa shape index (κ3) is 3.24. The summed E-state index contributed by atoms with van der Waals surface area (Å²) in [5.41, 5.74) is 3.96. The zero-order valence-corrected chi connectivity index (χ0v) is 15.7. The number of ether oxygens (including phenoxy) is 1. The van der Waals surface area contributed by atoms with Crippen LogP contribution in [0.15, 0.2) is 48.9 Å². The van der Waals surface area contributed by atoms with Crippen molar-refractivity contribution in [2.24, 2.45) is 0 Å². The van der Waals surface area contributed by atoms with E-state index < -0.39 is 0 Å². The topological polar surface area (TPSA) is 77.2 Å². The van der Waals surface area contributed by atoms with E-state index in [2.05, 4.69) is 20.3 Å². The zero-order valence-electron chi connectivity index (χ0n) is 15.7. The first-order chi connectivity index (χ1) is 13.6. The molecule has 0 saturated carbocycles. The van der Waals surface area contributed by atoms with Gasteiger partial charge in [0.25, 0.3) is 0 Å². The summed E-state index contributed by atoms with van der Waals surface area (Å²) in [6.07, 6.45) is 4.63. The van der Waals surface area contributed by atoms with Gasteiger partial charge in [-0.05, 0) is 49.7 Å². The maximum atomic E-state index is 13.1. The molecule has 0 fully saturated rings. The molecule has 4 aromatic heterocycles. The van der Waals surface area contributed by atoms with Crippen LogP contribution in [0.4, 0.5) is 10.2 Å². The molecule has 4 aromatic rings. The molecule has 0 amide bonds. The van der Waals surface area contributed by atoms with Gasteiger partial charge in [0.15, 0.2) is 11.5 Å². The molecule has 28 heavy (non-hydrogen) atoms. The Hall–Kier alpha value is -3.55. The van der Waals surface area contributed by atoms with Crippen molar-refractivity contribution in [2.75, 3.05) is 12.4 Å². The van der Waals surface area contributed by atoms with E-state index in [1.54, 1.807) is 30.1 Å². The van der Waals surface area contributed by atoms with E-state index in [1.165, 1.54) is 12.3 Å². The summed E-state index contributed by atoms with van der Waals surface area (Å²) in [6, 6.07) is 8.61. The first-order valence-electron chi connectivity index (χ1n) is 8.79. The molecule has 0 spiro atoms. The molecule has 142 valence electrons. The molecule has 4 rings (SSSR count). The second-order valence-electron chi connectivity index (χ2n) is 6.42. The Morgan fingerprint density at radius 2 is 2.00 bits per heavy atom. The molecular formula is C20H19FN6O. The highest BCUT2D eigenvalue weighted by Crippen LogP contribution is 2.29. The van der Waals surface area contributed by atoms with Crippen LogP contribution in [0.3, 0.4) is 0 Å². The molecule has 1 N–H and O–H groups in total. The number of rotatable bonds is 5. The van der Waals surface area contributed by atoms with E-state index in [0.717, 1.165) is 28.2 Å². The fourth-order valence-electron chi connectivity index (χ4n) is 3.00. The average Bonchev–Trinajstić information content (AvgIpc) is 3.11. The first-order valence-corrected chi connectivity index (χ1v) is 8.79. The molecule has 0 bridgehead atoms. The number of hydrogen-bond donors (Lipinski definition) is 1. The first kappa shape index (κ1) is 17.8. The molecule has 8 heteroatoms. The second kappa shape index (κ2) is 7.22. The van der Waals surface area contributed by atoms with Crippen molar-refractivity contribution in [3.8, 4) is 17.1 Å². The minimum absolute atomic E-state index is 0.149. The standard InChI is InChI=1S/C20H19FN6O/c1-12-9-18-24-11-17(15-5-4-8-22-20(15)28-3)27(18)26-19(12)25-13(2)16-7-6-14(21)10-23-16/h4-11,13H,1-3H3,(H,25,26)/t13-/m0/s1. The Morgan fingerprint density at radius 3 is 2.75 bits per heavy atom. The van der Waals surface area contributed by atoms with E-state index in [4.69, 9.17) is 9.84 Å². The lowest BCUT2D eigenvalue weighted by Gasteiger charge is -2.16. The van der Waals surface area contributed by atoms with Crippen LogP contribution in [0.25, 0.3) is 16.9 Å². The summed E-state index contributed by atoms with van der Waals surface area (Å²) in [5.74, 6) is 0.832. The van der Waals surface area contributed by atoms with Gasteiger partial charge in [-0.25, -0.2) is 18.9 Å². The molecule has 4 heterocycles. The molecule has 7 nitrogen and oxygen atoms in total. The lowest BCUT2D eigenvalue weighted by atomic mass is 10.2. The maximum absolute atomic E-state index is 13.1. The number of nitrogens with zero attached hydrogens (tertiary/aromatic N) is 5. The van der Waals surface area contributed by atoms with Gasteiger partial charge in [-0.15, -0.1) is 5.10 Å². The number of fused-ring (bicyclic) bond motifs is 1. The highest BCUT2D eigenvalue weighted by atomic mass is 19.1. The molecule has 0 aliphatic rings. The van der Waals surface area contributed by atoms with Gasteiger partial charge in [0, 0.05) is 6.20 Å². The number of pyridine rings is 2. The van der Waals surface area contributed by atoms with Crippen LogP contribution in [0.2, 0.25) is 0 Å². The number of aromatic nitrogens is 5. The lowest BCUT2D eigenvalue weighted by molar-refractivity contribution is 0.399. The molecule has 0 aromatic carbocycles. The summed E-state index contributed by atoms with van der Waals surface area (Å²) in [4.78, 5) is 12.8. The van der Waals surface area contributed by atoms with Gasteiger partial charge in [0.05, 0.1) is 42.5 Å². The molecule has 0 aliphatic heterocycles. The Kier molecular flexibility index (Phi) is 4.60. The van der Waals surface area contributed by atoms with Crippen molar-refractivity contribution >= 4 is 11.5 Å². The van der Waals surface area contributed by atoms with Gasteiger partial charge in [-0.3, -0.25) is 4.98 Å². The molecule has 0 aliphatic carbocycles. The summed E-state index contributed by atoms with van der Waals surface area (Å²) in [5, 5.41) is 8.07. The minimum Gasteiger partial charge on any atom is -0.481 e. The normalized spacial score (nSPS) is 12.1. The molecular weight excluding hydrogens is 359 g/mol. The average molecular weight is 378 g/mol. The number of methoxy groups -OCH3 is 1. The highest BCUT2D eigenvalue weighted by molar-refractivity contribution is 5.68. The Balaban J connectivity index is 1.74. The SMILES string of the molecule is COc1ncccc1-c1cnc2cc(C)c(N[C@@H](C)c3ccc(F)cn3)nn12. The third-order valence-electron chi connectivity index (χ3n) is 4.47. The van der Waals surface area contributed by atoms with Gasteiger partial charge < -0.3 is 10.1 Å². The zero-order chi connectivity index (χ0) is 19.7. The van der Waals surface area contributed by atoms with Crippen molar-refractivity contribution in [3.63, 3.8) is 0 Å². The summed E-state index contributed by atoms with van der Waals surface area (Å²) in [7, 11) is 1.58. The van der Waals surface area contributed by atoms with Crippen LogP contribution in [-0.2, 0) is 0 Å². The van der Waals surface area contributed by atoms with Crippen LogP contribution >= 0.6 is 0 Å². The number of aryl methyl sites for hydroxylation is 1. The van der Waals surface area contributed by atoms with Gasteiger partial charge >= 0.3 is 0 Å². The van der Waals surface area contributed by atoms with Gasteiger partial charge in [0.2, 0.25) is 5.88 Å². The number of halogens is 1. The fraction of sp³-hybridized carbons (Fsp3) is 0.200.